The van der Waals surface area contributed by atoms with Gasteiger partial charge in [0.1, 0.15) is 5.82 Å². The van der Waals surface area contributed by atoms with Crippen LogP contribution in [0.1, 0.15) is 5.56 Å². The van der Waals surface area contributed by atoms with Gasteiger partial charge in [-0.05, 0) is 18.2 Å². The Balaban J connectivity index is 2.19. The van der Waals surface area contributed by atoms with E-state index in [-0.39, 0.29) is 12.7 Å². The highest BCUT2D eigenvalue weighted by molar-refractivity contribution is 5.51. The van der Waals surface area contributed by atoms with Gasteiger partial charge >= 0.3 is 0 Å². The van der Waals surface area contributed by atoms with Crippen LogP contribution in [0.2, 0.25) is 0 Å². The van der Waals surface area contributed by atoms with Gasteiger partial charge in [-0.1, -0.05) is 0 Å². The van der Waals surface area contributed by atoms with Crippen molar-refractivity contribution in [3.8, 4) is 6.07 Å². The van der Waals surface area contributed by atoms with Gasteiger partial charge in [-0.3, -0.25) is 0 Å². The molecule has 2 rings (SSSR count). The summed E-state index contributed by atoms with van der Waals surface area (Å²) in [4.78, 5) is 1.82. The van der Waals surface area contributed by atoms with Crippen LogP contribution in [0.25, 0.3) is 0 Å². The molecule has 0 bridgehead atoms. The van der Waals surface area contributed by atoms with Gasteiger partial charge in [-0.2, -0.15) is 5.26 Å². The Kier molecular flexibility index (Phi) is 3.57. The van der Waals surface area contributed by atoms with E-state index in [1.807, 2.05) is 11.0 Å². The minimum absolute atomic E-state index is 0.0750. The molecule has 5 heteroatoms. The van der Waals surface area contributed by atoms with Crippen LogP contribution in [0.15, 0.2) is 18.2 Å². The predicted molar refractivity (Wildman–Crippen MR) is 60.2 cm³/mol. The third-order valence-corrected chi connectivity index (χ3v) is 2.76. The van der Waals surface area contributed by atoms with Crippen molar-refractivity contribution < 1.29 is 14.2 Å². The maximum atomic E-state index is 13.8. The van der Waals surface area contributed by atoms with Gasteiger partial charge in [-0.25, -0.2) is 4.39 Å². The SMILES string of the molecule is N#Cc1ccc(N2CCOC(CO)C2)c(F)c1. The Hall–Kier alpha value is -1.64. The van der Waals surface area contributed by atoms with E-state index in [0.717, 1.165) is 0 Å². The summed E-state index contributed by atoms with van der Waals surface area (Å²) in [5.74, 6) is -0.414. The molecule has 1 atom stereocenters. The highest BCUT2D eigenvalue weighted by Gasteiger charge is 2.21. The molecule has 4 nitrogen and oxygen atoms in total. The molecule has 90 valence electrons. The molecule has 1 fully saturated rings. The average Bonchev–Trinajstić information content (AvgIpc) is 2.38. The van der Waals surface area contributed by atoms with Crippen LogP contribution >= 0.6 is 0 Å². The molecule has 1 N–H and O–H groups in total. The number of morpholine rings is 1. The van der Waals surface area contributed by atoms with Crippen LogP contribution in [-0.4, -0.2) is 37.5 Å². The highest BCUT2D eigenvalue weighted by Crippen LogP contribution is 2.22. The largest absolute Gasteiger partial charge is 0.394 e. The number of anilines is 1. The molecule has 0 aliphatic carbocycles. The fraction of sp³-hybridized carbons (Fsp3) is 0.417. The van der Waals surface area contributed by atoms with E-state index in [1.165, 1.54) is 6.07 Å². The predicted octanol–water partition coefficient (Wildman–Crippen LogP) is 0.895. The molecule has 1 unspecified atom stereocenters. The first-order valence-electron chi connectivity index (χ1n) is 5.41. The lowest BCUT2D eigenvalue weighted by Gasteiger charge is -2.33. The van der Waals surface area contributed by atoms with Crippen LogP contribution < -0.4 is 4.90 Å². The lowest BCUT2D eigenvalue weighted by molar-refractivity contribution is 0.00341. The van der Waals surface area contributed by atoms with Crippen LogP contribution in [0.4, 0.5) is 10.1 Å². The molecular formula is C12H13FN2O2. The summed E-state index contributed by atoms with van der Waals surface area (Å²) in [5.41, 5.74) is 0.754. The Morgan fingerprint density at radius 1 is 1.59 bits per heavy atom. The molecule has 0 spiro atoms. The smallest absolute Gasteiger partial charge is 0.147 e. The van der Waals surface area contributed by atoms with Crippen molar-refractivity contribution in [2.45, 2.75) is 6.10 Å². The quantitative estimate of drug-likeness (QED) is 0.828. The molecule has 1 aliphatic rings. The van der Waals surface area contributed by atoms with Gasteiger partial charge in [0.05, 0.1) is 36.6 Å². The third kappa shape index (κ3) is 2.54. The van der Waals surface area contributed by atoms with E-state index < -0.39 is 5.82 Å². The van der Waals surface area contributed by atoms with Crippen LogP contribution in [0, 0.1) is 17.1 Å². The molecule has 1 aliphatic heterocycles. The van der Waals surface area contributed by atoms with Gasteiger partial charge in [0.25, 0.3) is 0 Å². The van der Waals surface area contributed by atoms with Gasteiger partial charge in [0.2, 0.25) is 0 Å². The average molecular weight is 236 g/mol. The minimum atomic E-state index is -0.414. The summed E-state index contributed by atoms with van der Waals surface area (Å²) in [6.07, 6.45) is -0.279. The normalized spacial score (nSPS) is 20.1. The zero-order valence-electron chi connectivity index (χ0n) is 9.27. The van der Waals surface area contributed by atoms with Crippen molar-refractivity contribution in [1.82, 2.24) is 0 Å². The summed E-state index contributed by atoms with van der Waals surface area (Å²) in [6.45, 7) is 1.43. The number of aliphatic hydroxyl groups is 1. The van der Waals surface area contributed by atoms with E-state index >= 15 is 0 Å². The lowest BCUT2D eigenvalue weighted by atomic mass is 10.1. The second-order valence-corrected chi connectivity index (χ2v) is 3.90. The molecule has 1 aromatic rings. The van der Waals surface area contributed by atoms with E-state index in [2.05, 4.69) is 0 Å². The first kappa shape index (κ1) is 11.8. The van der Waals surface area contributed by atoms with Gasteiger partial charge in [0.15, 0.2) is 0 Å². The zero-order valence-corrected chi connectivity index (χ0v) is 9.27. The van der Waals surface area contributed by atoms with Crippen molar-refractivity contribution in [3.05, 3.63) is 29.6 Å². The number of hydrogen-bond acceptors (Lipinski definition) is 4. The lowest BCUT2D eigenvalue weighted by Crippen LogP contribution is -2.44. The number of benzene rings is 1. The fourth-order valence-corrected chi connectivity index (χ4v) is 1.88. The van der Waals surface area contributed by atoms with Crippen LogP contribution in [-0.2, 0) is 4.74 Å². The molecule has 17 heavy (non-hydrogen) atoms. The molecule has 0 radical (unpaired) electrons. The van der Waals surface area contributed by atoms with E-state index in [0.29, 0.717) is 30.9 Å². The standard InChI is InChI=1S/C12H13FN2O2/c13-11-5-9(6-14)1-2-12(11)15-3-4-17-10(7-15)8-16/h1-2,5,10,16H,3-4,7-8H2. The van der Waals surface area contributed by atoms with E-state index in [9.17, 15) is 4.39 Å². The van der Waals surface area contributed by atoms with Gasteiger partial charge < -0.3 is 14.7 Å². The van der Waals surface area contributed by atoms with Gasteiger partial charge in [0, 0.05) is 13.1 Å². The Bertz CT molecular complexity index is 445. The Morgan fingerprint density at radius 3 is 3.06 bits per heavy atom. The molecule has 1 heterocycles. The second-order valence-electron chi connectivity index (χ2n) is 3.90. The maximum absolute atomic E-state index is 13.8. The van der Waals surface area contributed by atoms with Crippen molar-refractivity contribution in [1.29, 1.82) is 5.26 Å². The van der Waals surface area contributed by atoms with Crippen molar-refractivity contribution in [3.63, 3.8) is 0 Å². The number of nitriles is 1. The number of nitrogens with zero attached hydrogens (tertiary/aromatic N) is 2. The number of rotatable bonds is 2. The molecule has 1 aromatic carbocycles. The van der Waals surface area contributed by atoms with E-state index in [4.69, 9.17) is 15.1 Å². The summed E-state index contributed by atoms with van der Waals surface area (Å²) < 4.78 is 19.1. The number of halogens is 1. The van der Waals surface area contributed by atoms with Crippen molar-refractivity contribution >= 4 is 5.69 Å². The minimum Gasteiger partial charge on any atom is -0.394 e. The van der Waals surface area contributed by atoms with Crippen LogP contribution in [0.5, 0.6) is 0 Å². The van der Waals surface area contributed by atoms with Gasteiger partial charge in [-0.15, -0.1) is 0 Å². The Morgan fingerprint density at radius 2 is 2.41 bits per heavy atom. The monoisotopic (exact) mass is 236 g/mol. The summed E-state index contributed by atoms with van der Waals surface area (Å²) in [7, 11) is 0. The summed E-state index contributed by atoms with van der Waals surface area (Å²) >= 11 is 0. The summed E-state index contributed by atoms with van der Waals surface area (Å²) in [6, 6.07) is 6.29. The molecule has 0 saturated carbocycles. The number of hydrogen-bond donors (Lipinski definition) is 1. The number of ether oxygens (including phenoxy) is 1. The first-order chi connectivity index (χ1) is 8.24. The fourth-order valence-electron chi connectivity index (χ4n) is 1.88. The first-order valence-corrected chi connectivity index (χ1v) is 5.41. The third-order valence-electron chi connectivity index (χ3n) is 2.76. The molecule has 0 aromatic heterocycles. The van der Waals surface area contributed by atoms with Crippen molar-refractivity contribution in [2.75, 3.05) is 31.2 Å². The summed E-state index contributed by atoms with van der Waals surface area (Å²) in [5, 5.41) is 17.7. The van der Waals surface area contributed by atoms with Crippen molar-refractivity contribution in [2.24, 2.45) is 0 Å². The Labute approximate surface area is 98.8 Å². The molecule has 1 saturated heterocycles. The molecular weight excluding hydrogens is 223 g/mol. The van der Waals surface area contributed by atoms with Crippen LogP contribution in [0.3, 0.4) is 0 Å². The second kappa shape index (κ2) is 5.13. The topological polar surface area (TPSA) is 56.5 Å². The highest BCUT2D eigenvalue weighted by atomic mass is 19.1. The molecule has 0 amide bonds. The number of aliphatic hydroxyl groups excluding tert-OH is 1. The van der Waals surface area contributed by atoms with E-state index in [1.54, 1.807) is 12.1 Å². The zero-order chi connectivity index (χ0) is 12.3. The maximum Gasteiger partial charge on any atom is 0.147 e.